The van der Waals surface area contributed by atoms with Crippen LogP contribution < -0.4 is 0 Å². The van der Waals surface area contributed by atoms with Crippen molar-refractivity contribution >= 4 is 228 Å². The fourth-order valence-corrected chi connectivity index (χ4v) is 25.2. The zero-order chi connectivity index (χ0) is 98.3. The first kappa shape index (κ1) is 84.4. The molecule has 9 nitrogen and oxygen atoms in total. The third-order valence-electron chi connectivity index (χ3n) is 31.7. The number of hydrogen-bond acceptors (Lipinski definition) is 3. The Morgan fingerprint density at radius 2 is 0.300 bits per heavy atom. The first-order valence-electron chi connectivity index (χ1n) is 51.4. The van der Waals surface area contributed by atoms with Gasteiger partial charge in [-0.3, -0.25) is 4.98 Å². The number of para-hydroxylation sites is 7. The number of fused-ring (bicyclic) bond motifs is 36. The van der Waals surface area contributed by atoms with E-state index in [-0.39, 0.29) is 0 Å². The van der Waals surface area contributed by atoms with Gasteiger partial charge in [-0.1, -0.05) is 346 Å². The molecule has 0 saturated heterocycles. The second kappa shape index (κ2) is 33.7. The van der Waals surface area contributed by atoms with E-state index in [0.29, 0.717) is 0 Å². The molecule has 0 saturated carbocycles. The van der Waals surface area contributed by atoms with E-state index in [1.54, 1.807) is 6.33 Å². The molecule has 0 fully saturated rings. The summed E-state index contributed by atoms with van der Waals surface area (Å²) in [5, 5.41) is 38.1. The van der Waals surface area contributed by atoms with Crippen molar-refractivity contribution < 1.29 is 0 Å². The van der Waals surface area contributed by atoms with Crippen LogP contribution in [-0.4, -0.2) is 42.4 Å². The molecule has 33 aromatic rings. The molecule has 696 valence electrons. The molecule has 0 radical (unpaired) electrons. The van der Waals surface area contributed by atoms with Crippen LogP contribution in [-0.2, 0) is 0 Å². The highest BCUT2D eigenvalue weighted by Crippen LogP contribution is 2.48. The minimum absolute atomic E-state index is 0.950. The Balaban J connectivity index is 0.000000101. The summed E-state index contributed by atoms with van der Waals surface area (Å²) in [5.74, 6) is 0. The van der Waals surface area contributed by atoms with E-state index in [1.807, 2.05) is 24.8 Å². The van der Waals surface area contributed by atoms with Gasteiger partial charge in [0.1, 0.15) is 6.33 Å². The van der Waals surface area contributed by atoms with Gasteiger partial charge in [0.25, 0.3) is 0 Å². The molecule has 0 N–H and O–H groups in total. The number of rotatable bonds is 9. The van der Waals surface area contributed by atoms with Gasteiger partial charge in [0.15, 0.2) is 0 Å². The van der Waals surface area contributed by atoms with Crippen LogP contribution in [0.15, 0.2) is 529 Å². The second-order valence-corrected chi connectivity index (χ2v) is 39.6. The Kier molecular flexibility index (Phi) is 19.0. The predicted molar refractivity (Wildman–Crippen MR) is 633 cm³/mol. The Labute approximate surface area is 860 Å². The maximum Gasteiger partial charge on any atom is 0.115 e. The van der Waals surface area contributed by atoms with E-state index in [1.165, 1.54) is 267 Å². The molecule has 0 spiro atoms. The molecule has 9 heteroatoms. The lowest BCUT2D eigenvalue weighted by molar-refractivity contribution is 1.07. The quantitative estimate of drug-likeness (QED) is 0.135. The average molecular weight is 1910 g/mol. The molecule has 150 heavy (non-hydrogen) atoms. The van der Waals surface area contributed by atoms with Crippen molar-refractivity contribution in [3.63, 3.8) is 0 Å². The van der Waals surface area contributed by atoms with Gasteiger partial charge in [-0.15, -0.1) is 0 Å². The molecule has 0 aliphatic rings. The van der Waals surface area contributed by atoms with Gasteiger partial charge >= 0.3 is 0 Å². The lowest BCUT2D eigenvalue weighted by atomic mass is 9.94. The molecule has 0 amide bonds. The largest absolute Gasteiger partial charge is 0.309 e. The van der Waals surface area contributed by atoms with E-state index in [9.17, 15) is 0 Å². The molecule has 0 atom stereocenters. The van der Waals surface area contributed by atoms with Crippen molar-refractivity contribution in [1.82, 2.24) is 42.4 Å². The molecule has 0 aliphatic carbocycles. The van der Waals surface area contributed by atoms with Crippen molar-refractivity contribution in [2.24, 2.45) is 0 Å². The van der Waals surface area contributed by atoms with Crippen LogP contribution in [0.2, 0.25) is 0 Å². The summed E-state index contributed by atoms with van der Waals surface area (Å²) in [7, 11) is 0. The zero-order valence-electron chi connectivity index (χ0n) is 81.3. The number of aromatic nitrogens is 9. The maximum absolute atomic E-state index is 4.34. The molecule has 0 unspecified atom stereocenters. The second-order valence-electron chi connectivity index (χ2n) is 39.6. The van der Waals surface area contributed by atoms with E-state index in [0.717, 1.165) is 28.1 Å². The fourth-order valence-electron chi connectivity index (χ4n) is 25.2. The van der Waals surface area contributed by atoms with Crippen molar-refractivity contribution in [2.45, 2.75) is 0 Å². The van der Waals surface area contributed by atoms with Crippen molar-refractivity contribution in [3.8, 4) is 67.5 Å². The molecule has 0 aliphatic heterocycles. The molecule has 8 aromatic heterocycles. The maximum atomic E-state index is 4.34. The SMILES string of the molecule is c1ccc(-n2c3ccccc3c3ccc(-c4ccc5c(c4)c4ccccc4n5-c4ccc5c6ccccc6c6ccccc6c5c4)cc32)cc1.c1ccc2c(c1)c1ccccc1c1cc(-n3c4ccccc4c4cc(-c5ccc6c7ccccc7n(-c7ccncc7)c6c5)ccc43)ccc21.c1ccc2c(c1)c1ccccc1c1cc(-n3c4ccccc4c4cc(-c5ccc6c7ccccc7n(-c7cncnc7)c6c5)ccc43)ccc21. The molecular weight excluding hydrogens is 1820 g/mol. The van der Waals surface area contributed by atoms with Crippen LogP contribution in [0.25, 0.3) is 295 Å². The summed E-state index contributed by atoms with van der Waals surface area (Å²) in [6.45, 7) is 0. The fraction of sp³-hybridized carbons (Fsp3) is 0. The normalized spacial score (nSPS) is 12.0. The van der Waals surface area contributed by atoms with Crippen LogP contribution in [0.1, 0.15) is 0 Å². The molecule has 25 aromatic carbocycles. The first-order chi connectivity index (χ1) is 74.4. The lowest BCUT2D eigenvalue weighted by Crippen LogP contribution is -1.95. The van der Waals surface area contributed by atoms with E-state index in [2.05, 4.69) is 540 Å². The lowest BCUT2D eigenvalue weighted by Gasteiger charge is -2.14. The topological polar surface area (TPSA) is 68.2 Å². The van der Waals surface area contributed by atoms with Gasteiger partial charge in [-0.25, -0.2) is 9.97 Å². The highest BCUT2D eigenvalue weighted by atomic mass is 15.0. The minimum Gasteiger partial charge on any atom is -0.309 e. The molecular formula is C141H87N9. The number of benzene rings is 25. The van der Waals surface area contributed by atoms with Gasteiger partial charge in [0.05, 0.1) is 84.3 Å². The Bertz CT molecular complexity index is 10400. The molecule has 0 bridgehead atoms. The van der Waals surface area contributed by atoms with E-state index < -0.39 is 0 Å². The summed E-state index contributed by atoms with van der Waals surface area (Å²) >= 11 is 0. The first-order valence-corrected chi connectivity index (χ1v) is 51.4. The third kappa shape index (κ3) is 13.1. The van der Waals surface area contributed by atoms with Gasteiger partial charge < -0.3 is 27.4 Å². The molecule has 8 heterocycles. The van der Waals surface area contributed by atoms with Crippen LogP contribution >= 0.6 is 0 Å². The summed E-state index contributed by atoms with van der Waals surface area (Å²) < 4.78 is 14.3. The van der Waals surface area contributed by atoms with Crippen LogP contribution in [0.3, 0.4) is 0 Å². The summed E-state index contributed by atoms with van der Waals surface area (Å²) in [6, 6.07) is 182. The summed E-state index contributed by atoms with van der Waals surface area (Å²) in [5.41, 5.74) is 28.2. The smallest absolute Gasteiger partial charge is 0.115 e. The highest BCUT2D eigenvalue weighted by molar-refractivity contribution is 6.30. The van der Waals surface area contributed by atoms with Gasteiger partial charge in [0, 0.05) is 105 Å². The zero-order valence-corrected chi connectivity index (χ0v) is 81.3. The van der Waals surface area contributed by atoms with E-state index >= 15 is 0 Å². The van der Waals surface area contributed by atoms with Gasteiger partial charge in [-0.05, 0) is 282 Å². The average Bonchev–Trinajstić information content (AvgIpc) is 1.39. The van der Waals surface area contributed by atoms with Crippen LogP contribution in [0, 0.1) is 0 Å². The van der Waals surface area contributed by atoms with Crippen molar-refractivity contribution in [1.29, 1.82) is 0 Å². The van der Waals surface area contributed by atoms with Gasteiger partial charge in [-0.2, -0.15) is 0 Å². The predicted octanol–water partition coefficient (Wildman–Crippen LogP) is 37.2. The molecule has 33 rings (SSSR count). The highest BCUT2D eigenvalue weighted by Gasteiger charge is 2.25. The Hall–Kier alpha value is -20.1. The van der Waals surface area contributed by atoms with Crippen LogP contribution in [0.5, 0.6) is 0 Å². The summed E-state index contributed by atoms with van der Waals surface area (Å²) in [4.78, 5) is 13.0. The number of nitrogens with zero attached hydrogens (tertiary/aromatic N) is 9. The summed E-state index contributed by atoms with van der Waals surface area (Å²) in [6.07, 6.45) is 9.07. The number of hydrogen-bond donors (Lipinski definition) is 0. The Morgan fingerprint density at radius 1 is 0.107 bits per heavy atom. The van der Waals surface area contributed by atoms with Crippen molar-refractivity contribution in [2.75, 3.05) is 0 Å². The standard InChI is InChI=1S/C48H30N2.C47H29N3.C46H28N4/c1-2-12-33(13-3-1)49-45-20-10-8-18-40(45)42-25-22-32(29-48(42)49)31-23-27-47-44(28-31)41-19-9-11-21-46(41)50(47)34-24-26-39-37-16-5-4-14-35(37)36-15-6-7-17-38(36)43(39)30-34;1-2-11-36-34(9-1)35-10-3-4-12-37(35)42-29-33(19-21-38(36)42)50-45-16-8-6-14-40(45)43-27-30(18-22-46(43)50)31-17-20-41-39-13-5-7-15-44(39)49(47(41)28-31)32-23-25-48-26-24-32;1-2-11-35-33(9-1)34-10-3-4-12-36(34)41-25-31(19-21-37(35)41)49-44-16-8-6-14-39(44)42-23-29(18-22-45(42)49)30-17-20-40-38-13-5-7-15-43(38)50(46(40)24-30)32-26-47-28-48-27-32/h1-30H;1-29H;1-28H. The van der Waals surface area contributed by atoms with Crippen LogP contribution in [0.4, 0.5) is 0 Å². The number of pyridine rings is 1. The minimum atomic E-state index is 0.950. The Morgan fingerprint density at radius 3 is 0.587 bits per heavy atom. The van der Waals surface area contributed by atoms with E-state index in [4.69, 9.17) is 0 Å². The van der Waals surface area contributed by atoms with Crippen molar-refractivity contribution in [3.05, 3.63) is 529 Å². The monoisotopic (exact) mass is 1910 g/mol. The van der Waals surface area contributed by atoms with Gasteiger partial charge in [0.2, 0.25) is 0 Å². The third-order valence-corrected chi connectivity index (χ3v) is 31.7.